The summed E-state index contributed by atoms with van der Waals surface area (Å²) in [5.41, 5.74) is -1.12. The van der Waals surface area contributed by atoms with Crippen molar-refractivity contribution in [2.75, 3.05) is 20.3 Å². The number of nitrogens with one attached hydrogen (secondary N) is 2. The van der Waals surface area contributed by atoms with E-state index in [0.717, 1.165) is 6.08 Å². The van der Waals surface area contributed by atoms with Gasteiger partial charge in [-0.2, -0.15) is 0 Å². The van der Waals surface area contributed by atoms with E-state index in [4.69, 9.17) is 70.1 Å². The number of rotatable bonds is 21. The van der Waals surface area contributed by atoms with Crippen LogP contribution in [0.15, 0.2) is 60.7 Å². The molecule has 18 heteroatoms. The van der Waals surface area contributed by atoms with Gasteiger partial charge in [-0.25, -0.2) is 14.4 Å². The van der Waals surface area contributed by atoms with Crippen LogP contribution in [0.5, 0.6) is 5.75 Å². The zero-order valence-electron chi connectivity index (χ0n) is 35.8. The lowest BCUT2D eigenvalue weighted by molar-refractivity contribution is -0.181. The maximum absolute atomic E-state index is 13.9. The van der Waals surface area contributed by atoms with Crippen molar-refractivity contribution >= 4 is 76.3 Å². The van der Waals surface area contributed by atoms with E-state index in [1.54, 1.807) is 76.2 Å². The third-order valence-electron chi connectivity index (χ3n) is 8.95. The molecule has 2 rings (SSSR count). The average molecular weight is 937 g/mol. The van der Waals surface area contributed by atoms with Gasteiger partial charge >= 0.3 is 24.0 Å². The fraction of sp³-hybridized carbons (Fsp3) is 0.558. The highest BCUT2D eigenvalue weighted by molar-refractivity contribution is 6.67. The number of amides is 2. The zero-order valence-corrected chi connectivity index (χ0v) is 38.9. The van der Waals surface area contributed by atoms with Gasteiger partial charge in [0.25, 0.3) is 0 Å². The molecule has 2 amide bonds. The number of hydrogen-bond acceptors (Lipinski definition) is 12. The summed E-state index contributed by atoms with van der Waals surface area (Å²) in [6.45, 7) is 12.6. The maximum atomic E-state index is 13.9. The smallest absolute Gasteiger partial charge is 0.407 e. The van der Waals surface area contributed by atoms with Gasteiger partial charge in [0.15, 0.2) is 6.10 Å². The molecule has 0 radical (unpaired) electrons. The first-order chi connectivity index (χ1) is 28.2. The molecule has 0 unspecified atom stereocenters. The van der Waals surface area contributed by atoms with E-state index in [2.05, 4.69) is 10.6 Å². The molecular weight excluding hydrogens is 878 g/mol. The predicted molar refractivity (Wildman–Crippen MR) is 232 cm³/mol. The SMILES string of the molecule is COc1ccc(C[C@@H](NC(=O)/C=C/C[C@H](OC(=O)[C@H](CC(C)C)OC(=O)C(C)(C)CNC(=O)OC(C)(C)C)[C@H](C)[C@@H](O)[C@H](O)c2ccccc2)C(=O)OCC(Cl)(Cl)Cl)cc1Cl. The highest BCUT2D eigenvalue weighted by Crippen LogP contribution is 2.30. The van der Waals surface area contributed by atoms with Gasteiger partial charge in [0.05, 0.1) is 23.7 Å². The molecule has 0 spiro atoms. The van der Waals surface area contributed by atoms with Gasteiger partial charge in [0.1, 0.15) is 36.2 Å². The van der Waals surface area contributed by atoms with E-state index < -0.39 is 87.7 Å². The van der Waals surface area contributed by atoms with Crippen LogP contribution < -0.4 is 15.4 Å². The minimum atomic E-state index is -1.92. The van der Waals surface area contributed by atoms with Gasteiger partial charge in [-0.3, -0.25) is 9.59 Å². The quantitative estimate of drug-likeness (QED) is 0.0420. The molecule has 2 aromatic rings. The van der Waals surface area contributed by atoms with Gasteiger partial charge in [-0.1, -0.05) is 110 Å². The van der Waals surface area contributed by atoms with E-state index in [9.17, 15) is 34.2 Å². The fourth-order valence-corrected chi connectivity index (χ4v) is 6.03. The van der Waals surface area contributed by atoms with E-state index in [1.807, 2.05) is 13.8 Å². The van der Waals surface area contributed by atoms with Crippen LogP contribution in [0, 0.1) is 17.3 Å². The first kappa shape index (κ1) is 53.3. The van der Waals surface area contributed by atoms with Crippen LogP contribution in [-0.4, -0.2) is 94.1 Å². The van der Waals surface area contributed by atoms with Crippen molar-refractivity contribution in [3.05, 3.63) is 76.8 Å². The number of halogens is 4. The number of alkyl halides is 3. The third kappa shape index (κ3) is 19.4. The second-order valence-corrected chi connectivity index (χ2v) is 19.5. The van der Waals surface area contributed by atoms with E-state index in [-0.39, 0.29) is 36.7 Å². The molecule has 0 saturated heterocycles. The Morgan fingerprint density at radius 1 is 0.885 bits per heavy atom. The Morgan fingerprint density at radius 3 is 2.08 bits per heavy atom. The van der Waals surface area contributed by atoms with Crippen molar-refractivity contribution in [1.82, 2.24) is 10.6 Å². The summed E-state index contributed by atoms with van der Waals surface area (Å²) in [6, 6.07) is 11.9. The number of aliphatic hydroxyl groups excluding tert-OH is 2. The number of carbonyl (C=O) groups excluding carboxylic acids is 5. The number of methoxy groups -OCH3 is 1. The van der Waals surface area contributed by atoms with Crippen LogP contribution in [0.3, 0.4) is 0 Å². The summed E-state index contributed by atoms with van der Waals surface area (Å²) in [4.78, 5) is 66.1. The van der Waals surface area contributed by atoms with Crippen molar-refractivity contribution in [3.8, 4) is 5.75 Å². The van der Waals surface area contributed by atoms with Crippen LogP contribution in [0.2, 0.25) is 5.02 Å². The summed E-state index contributed by atoms with van der Waals surface area (Å²) in [5, 5.41) is 27.8. The Balaban J connectivity index is 2.37. The largest absolute Gasteiger partial charge is 0.495 e. The number of esters is 3. The molecule has 6 atom stereocenters. The number of carbonyl (C=O) groups is 5. The van der Waals surface area contributed by atoms with E-state index in [0.29, 0.717) is 16.9 Å². The van der Waals surface area contributed by atoms with E-state index >= 15 is 0 Å². The normalized spacial score (nSPS) is 15.1. The topological polar surface area (TPSA) is 196 Å². The fourth-order valence-electron chi connectivity index (χ4n) is 5.59. The first-order valence-corrected chi connectivity index (χ1v) is 21.1. The first-order valence-electron chi connectivity index (χ1n) is 19.5. The number of ether oxygens (including phenoxy) is 5. The Kier molecular flexibility index (Phi) is 21.1. The molecule has 0 aliphatic rings. The minimum Gasteiger partial charge on any atom is -0.495 e. The molecular formula is C43H58Cl4N2O12. The summed E-state index contributed by atoms with van der Waals surface area (Å²) >= 11 is 23.6. The highest BCUT2D eigenvalue weighted by atomic mass is 35.6. The molecule has 0 aliphatic heterocycles. The van der Waals surface area contributed by atoms with E-state index in [1.165, 1.54) is 27.0 Å². The lowest BCUT2D eigenvalue weighted by atomic mass is 9.89. The van der Waals surface area contributed by atoms with Crippen LogP contribution in [0.25, 0.3) is 0 Å². The summed E-state index contributed by atoms with van der Waals surface area (Å²) in [5.74, 6) is -4.12. The zero-order chi connectivity index (χ0) is 46.3. The standard InChI is InChI=1S/C43H58Cl4N2O12/c1-25(2)20-33(60-39(55)42(7,8)23-48-40(56)61-41(4,5)6)38(54)59-31(26(3)35(51)36(52)28-14-11-10-12-15-28)16-13-17-34(50)49-30(37(53)58-24-43(45,46)47)22-27-18-19-32(57-9)29(44)21-27/h10-15,17-19,21,25-26,30-31,33,35-36,51-52H,16,20,22-24H2,1-9H3,(H,48,56)(H,49,50)/b17-13+/t26-,30+,31-,33-,35+,36+/m0/s1. The third-order valence-corrected chi connectivity index (χ3v) is 9.58. The molecule has 0 heterocycles. The second kappa shape index (κ2) is 24.2. The van der Waals surface area contributed by atoms with Crippen molar-refractivity contribution in [2.45, 2.75) is 115 Å². The van der Waals surface area contributed by atoms with Crippen molar-refractivity contribution in [1.29, 1.82) is 0 Å². The van der Waals surface area contributed by atoms with Crippen molar-refractivity contribution < 1.29 is 57.9 Å². The molecule has 340 valence electrons. The molecule has 14 nitrogen and oxygen atoms in total. The van der Waals surface area contributed by atoms with Crippen LogP contribution in [0.4, 0.5) is 4.79 Å². The lowest BCUT2D eigenvalue weighted by Gasteiger charge is -2.32. The van der Waals surface area contributed by atoms with Gasteiger partial charge in [0, 0.05) is 25.3 Å². The molecule has 61 heavy (non-hydrogen) atoms. The van der Waals surface area contributed by atoms with Gasteiger partial charge in [-0.15, -0.1) is 0 Å². The molecule has 0 fully saturated rings. The minimum absolute atomic E-state index is 0.0594. The van der Waals surface area contributed by atoms with Crippen LogP contribution in [0.1, 0.15) is 85.5 Å². The highest BCUT2D eigenvalue weighted by Gasteiger charge is 2.38. The second-order valence-electron chi connectivity index (χ2n) is 16.5. The Labute approximate surface area is 377 Å². The van der Waals surface area contributed by atoms with Crippen molar-refractivity contribution in [2.24, 2.45) is 17.3 Å². The maximum Gasteiger partial charge on any atom is 0.407 e. The monoisotopic (exact) mass is 934 g/mol. The molecule has 0 bridgehead atoms. The molecule has 0 aliphatic carbocycles. The molecule has 0 saturated carbocycles. The summed E-state index contributed by atoms with van der Waals surface area (Å²) in [6.07, 6.45) is -3.94. The summed E-state index contributed by atoms with van der Waals surface area (Å²) < 4.78 is 25.3. The van der Waals surface area contributed by atoms with Crippen LogP contribution >= 0.6 is 46.4 Å². The summed E-state index contributed by atoms with van der Waals surface area (Å²) in [7, 11) is 1.44. The lowest BCUT2D eigenvalue weighted by Crippen LogP contribution is -2.45. The number of alkyl carbamates (subject to hydrolysis) is 1. The van der Waals surface area contributed by atoms with Gasteiger partial charge in [-0.05, 0) is 76.3 Å². The average Bonchev–Trinajstić information content (AvgIpc) is 3.16. The van der Waals surface area contributed by atoms with Gasteiger partial charge in [0.2, 0.25) is 9.70 Å². The Bertz CT molecular complexity index is 1800. The number of aliphatic hydroxyl groups is 2. The van der Waals surface area contributed by atoms with Gasteiger partial charge < -0.3 is 44.5 Å². The van der Waals surface area contributed by atoms with Crippen molar-refractivity contribution in [3.63, 3.8) is 0 Å². The number of benzene rings is 2. The Hall–Kier alpha value is -3.79. The Morgan fingerprint density at radius 2 is 1.52 bits per heavy atom. The number of hydrogen-bond donors (Lipinski definition) is 4. The molecule has 2 aromatic carbocycles. The molecule has 4 N–H and O–H groups in total. The predicted octanol–water partition coefficient (Wildman–Crippen LogP) is 7.39. The molecule has 0 aromatic heterocycles. The van der Waals surface area contributed by atoms with Crippen LogP contribution in [-0.2, 0) is 44.5 Å².